The number of carbonyl (C=O) groups is 1. The van der Waals surface area contributed by atoms with Gasteiger partial charge in [0.1, 0.15) is 16.4 Å². The van der Waals surface area contributed by atoms with Crippen LogP contribution in [0.4, 0.5) is 0 Å². The maximum atomic E-state index is 12.3. The number of amides is 1. The van der Waals surface area contributed by atoms with Crippen molar-refractivity contribution in [3.8, 4) is 11.5 Å². The number of carbonyl (C=O) groups excluding carboxylic acids is 1. The van der Waals surface area contributed by atoms with E-state index in [4.69, 9.17) is 9.47 Å². The molecule has 22 heavy (non-hydrogen) atoms. The summed E-state index contributed by atoms with van der Waals surface area (Å²) in [5, 5.41) is 2.68. The van der Waals surface area contributed by atoms with Crippen molar-refractivity contribution < 1.29 is 22.7 Å². The van der Waals surface area contributed by atoms with E-state index in [1.165, 1.54) is 32.4 Å². The second kappa shape index (κ2) is 8.00. The zero-order valence-corrected chi connectivity index (χ0v) is 14.0. The first-order chi connectivity index (χ1) is 10.3. The Labute approximate surface area is 131 Å². The number of rotatable bonds is 8. The van der Waals surface area contributed by atoms with E-state index in [9.17, 15) is 13.2 Å². The molecule has 0 heterocycles. The molecule has 0 aliphatic heterocycles. The van der Waals surface area contributed by atoms with Crippen molar-refractivity contribution in [2.75, 3.05) is 20.8 Å². The lowest BCUT2D eigenvalue weighted by Crippen LogP contribution is -2.40. The molecule has 0 radical (unpaired) electrons. The van der Waals surface area contributed by atoms with Gasteiger partial charge in [-0.05, 0) is 25.5 Å². The van der Waals surface area contributed by atoms with Gasteiger partial charge in [-0.15, -0.1) is 0 Å². The van der Waals surface area contributed by atoms with Crippen LogP contribution in [-0.2, 0) is 14.8 Å². The van der Waals surface area contributed by atoms with E-state index in [-0.39, 0.29) is 29.1 Å². The van der Waals surface area contributed by atoms with Crippen molar-refractivity contribution in [3.05, 3.63) is 18.2 Å². The fourth-order valence-electron chi connectivity index (χ4n) is 1.66. The van der Waals surface area contributed by atoms with E-state index < -0.39 is 10.0 Å². The zero-order valence-electron chi connectivity index (χ0n) is 13.2. The van der Waals surface area contributed by atoms with Crippen LogP contribution < -0.4 is 19.5 Å². The molecule has 0 saturated carbocycles. The third-order valence-electron chi connectivity index (χ3n) is 3.10. The third-order valence-corrected chi connectivity index (χ3v) is 4.54. The number of nitrogens with one attached hydrogen (secondary N) is 2. The largest absolute Gasteiger partial charge is 0.497 e. The van der Waals surface area contributed by atoms with Gasteiger partial charge in [0.25, 0.3) is 0 Å². The summed E-state index contributed by atoms with van der Waals surface area (Å²) in [6.45, 7) is 3.44. The molecule has 1 amide bonds. The maximum absolute atomic E-state index is 12.3. The summed E-state index contributed by atoms with van der Waals surface area (Å²) in [6.07, 6.45) is 0.769. The second-order valence-corrected chi connectivity index (χ2v) is 6.45. The third kappa shape index (κ3) is 4.88. The predicted octanol–water partition coefficient (Wildman–Crippen LogP) is 0.897. The van der Waals surface area contributed by atoms with Gasteiger partial charge in [0.05, 0.1) is 20.8 Å². The van der Waals surface area contributed by atoms with Crippen LogP contribution in [-0.4, -0.2) is 41.1 Å². The molecule has 0 spiro atoms. The molecule has 8 heteroatoms. The Morgan fingerprint density at radius 2 is 1.95 bits per heavy atom. The standard InChI is InChI=1S/C14H22N2O5S/c1-5-10(2)16-14(17)9-15-22(18,19)13-7-6-11(20-3)8-12(13)21-4/h6-8,10,15H,5,9H2,1-4H3,(H,16,17). The van der Waals surface area contributed by atoms with Gasteiger partial charge in [0.2, 0.25) is 15.9 Å². The summed E-state index contributed by atoms with van der Waals surface area (Å²) < 4.78 is 36.9. The SMILES string of the molecule is CCC(C)NC(=O)CNS(=O)(=O)c1ccc(OC)cc1OC. The van der Waals surface area contributed by atoms with E-state index in [1.807, 2.05) is 13.8 Å². The van der Waals surface area contributed by atoms with Crippen molar-refractivity contribution in [2.45, 2.75) is 31.2 Å². The molecule has 0 bridgehead atoms. The number of ether oxygens (including phenoxy) is 2. The molecule has 1 unspecified atom stereocenters. The molecule has 0 fully saturated rings. The van der Waals surface area contributed by atoms with Crippen molar-refractivity contribution in [3.63, 3.8) is 0 Å². The molecular weight excluding hydrogens is 308 g/mol. The Balaban J connectivity index is 2.84. The quantitative estimate of drug-likeness (QED) is 0.738. The molecule has 1 aromatic rings. The summed E-state index contributed by atoms with van der Waals surface area (Å²) in [7, 11) is -1.02. The molecule has 124 valence electrons. The lowest BCUT2D eigenvalue weighted by Gasteiger charge is -2.14. The van der Waals surface area contributed by atoms with Crippen LogP contribution in [0.1, 0.15) is 20.3 Å². The molecule has 0 aromatic heterocycles. The van der Waals surface area contributed by atoms with Crippen molar-refractivity contribution >= 4 is 15.9 Å². The van der Waals surface area contributed by atoms with Gasteiger partial charge in [-0.25, -0.2) is 13.1 Å². The minimum absolute atomic E-state index is 0.00692. The van der Waals surface area contributed by atoms with Gasteiger partial charge < -0.3 is 14.8 Å². The summed E-state index contributed by atoms with van der Waals surface area (Å²) in [4.78, 5) is 11.6. The number of hydrogen-bond donors (Lipinski definition) is 2. The summed E-state index contributed by atoms with van der Waals surface area (Å²) in [5.41, 5.74) is 0. The van der Waals surface area contributed by atoms with Crippen LogP contribution in [0.25, 0.3) is 0 Å². The summed E-state index contributed by atoms with van der Waals surface area (Å²) >= 11 is 0. The average molecular weight is 330 g/mol. The van der Waals surface area contributed by atoms with Gasteiger partial charge in [-0.3, -0.25) is 4.79 Å². The highest BCUT2D eigenvalue weighted by Gasteiger charge is 2.21. The van der Waals surface area contributed by atoms with Crippen LogP contribution in [0.3, 0.4) is 0 Å². The zero-order chi connectivity index (χ0) is 16.8. The first kappa shape index (κ1) is 18.2. The van der Waals surface area contributed by atoms with Gasteiger partial charge in [0, 0.05) is 12.1 Å². The Hall–Kier alpha value is -1.80. The molecular formula is C14H22N2O5S. The van der Waals surface area contributed by atoms with Crippen LogP contribution in [0.2, 0.25) is 0 Å². The maximum Gasteiger partial charge on any atom is 0.244 e. The number of hydrogen-bond acceptors (Lipinski definition) is 5. The first-order valence-corrected chi connectivity index (χ1v) is 8.33. The monoisotopic (exact) mass is 330 g/mol. The minimum atomic E-state index is -3.86. The van der Waals surface area contributed by atoms with E-state index in [0.717, 1.165) is 6.42 Å². The van der Waals surface area contributed by atoms with Gasteiger partial charge in [-0.2, -0.15) is 0 Å². The van der Waals surface area contributed by atoms with Crippen LogP contribution >= 0.6 is 0 Å². The fourth-order valence-corrected chi connectivity index (χ4v) is 2.79. The molecule has 0 aliphatic rings. The van der Waals surface area contributed by atoms with E-state index >= 15 is 0 Å². The van der Waals surface area contributed by atoms with Gasteiger partial charge >= 0.3 is 0 Å². The van der Waals surface area contributed by atoms with Crippen molar-refractivity contribution in [2.24, 2.45) is 0 Å². The molecule has 0 aliphatic carbocycles. The Bertz CT molecular complexity index is 616. The van der Waals surface area contributed by atoms with Crippen LogP contribution in [0.5, 0.6) is 11.5 Å². The number of sulfonamides is 1. The molecule has 1 aromatic carbocycles. The van der Waals surface area contributed by atoms with Crippen LogP contribution in [0, 0.1) is 0 Å². The highest BCUT2D eigenvalue weighted by molar-refractivity contribution is 7.89. The molecule has 2 N–H and O–H groups in total. The van der Waals surface area contributed by atoms with Crippen LogP contribution in [0.15, 0.2) is 23.1 Å². The fraction of sp³-hybridized carbons (Fsp3) is 0.500. The average Bonchev–Trinajstić information content (AvgIpc) is 2.52. The molecule has 7 nitrogen and oxygen atoms in total. The van der Waals surface area contributed by atoms with Gasteiger partial charge in [0.15, 0.2) is 0 Å². The molecule has 1 atom stereocenters. The Morgan fingerprint density at radius 1 is 1.27 bits per heavy atom. The Morgan fingerprint density at radius 3 is 2.50 bits per heavy atom. The second-order valence-electron chi connectivity index (χ2n) is 4.72. The Kier molecular flexibility index (Phi) is 6.63. The topological polar surface area (TPSA) is 93.7 Å². The van der Waals surface area contributed by atoms with Gasteiger partial charge in [-0.1, -0.05) is 6.92 Å². The number of methoxy groups -OCH3 is 2. The first-order valence-electron chi connectivity index (χ1n) is 6.85. The molecule has 0 saturated heterocycles. The van der Waals surface area contributed by atoms with E-state index in [0.29, 0.717) is 5.75 Å². The minimum Gasteiger partial charge on any atom is -0.497 e. The normalized spacial score (nSPS) is 12.5. The lowest BCUT2D eigenvalue weighted by atomic mass is 10.2. The highest BCUT2D eigenvalue weighted by atomic mass is 32.2. The van der Waals surface area contributed by atoms with Crippen molar-refractivity contribution in [1.82, 2.24) is 10.0 Å². The lowest BCUT2D eigenvalue weighted by molar-refractivity contribution is -0.120. The van der Waals surface area contributed by atoms with E-state index in [2.05, 4.69) is 10.0 Å². The number of benzene rings is 1. The molecule has 1 rings (SSSR count). The van der Waals surface area contributed by atoms with E-state index in [1.54, 1.807) is 0 Å². The smallest absolute Gasteiger partial charge is 0.244 e. The summed E-state index contributed by atoms with van der Waals surface area (Å²) in [5.74, 6) is 0.241. The predicted molar refractivity (Wildman–Crippen MR) is 82.6 cm³/mol. The van der Waals surface area contributed by atoms with Crippen molar-refractivity contribution in [1.29, 1.82) is 0 Å². The summed E-state index contributed by atoms with van der Waals surface area (Å²) in [6, 6.07) is 4.34. The highest BCUT2D eigenvalue weighted by Crippen LogP contribution is 2.28.